The van der Waals surface area contributed by atoms with Gasteiger partial charge in [0.15, 0.2) is 11.6 Å². The second-order valence-corrected chi connectivity index (χ2v) is 6.23. The quantitative estimate of drug-likeness (QED) is 0.934. The van der Waals surface area contributed by atoms with E-state index in [1.165, 1.54) is 16.8 Å². The molecule has 0 radical (unpaired) electrons. The van der Waals surface area contributed by atoms with E-state index in [0.717, 1.165) is 24.5 Å². The summed E-state index contributed by atoms with van der Waals surface area (Å²) in [6.45, 7) is 1.18. The van der Waals surface area contributed by atoms with Crippen molar-refractivity contribution in [2.75, 3.05) is 13.1 Å². The summed E-state index contributed by atoms with van der Waals surface area (Å²) in [6, 6.07) is 3.99. The molecule has 1 saturated heterocycles. The highest BCUT2D eigenvalue weighted by Gasteiger charge is 2.25. The highest BCUT2D eigenvalue weighted by molar-refractivity contribution is 5.92. The van der Waals surface area contributed by atoms with Crippen molar-refractivity contribution in [1.82, 2.24) is 14.5 Å². The van der Waals surface area contributed by atoms with Gasteiger partial charge in [0, 0.05) is 26.3 Å². The molecule has 128 valence electrons. The van der Waals surface area contributed by atoms with Gasteiger partial charge in [-0.1, -0.05) is 6.07 Å². The van der Waals surface area contributed by atoms with Crippen LogP contribution in [0.4, 0.5) is 8.78 Å². The Labute approximate surface area is 137 Å². The van der Waals surface area contributed by atoms with Crippen molar-refractivity contribution in [2.24, 2.45) is 13.0 Å². The first-order chi connectivity index (χ1) is 11.5. The molecule has 2 aromatic rings. The molecule has 1 N–H and O–H groups in total. The number of nitrogens with zero attached hydrogens (tertiary/aromatic N) is 2. The number of benzene rings is 1. The summed E-state index contributed by atoms with van der Waals surface area (Å²) in [4.78, 5) is 28.1. The van der Waals surface area contributed by atoms with Gasteiger partial charge in [-0.2, -0.15) is 0 Å². The highest BCUT2D eigenvalue weighted by atomic mass is 19.2. The van der Waals surface area contributed by atoms with Gasteiger partial charge in [0.2, 0.25) is 0 Å². The average Bonchev–Trinajstić information content (AvgIpc) is 2.90. The lowest BCUT2D eigenvalue weighted by atomic mass is 9.90. The fraction of sp³-hybridized carbons (Fsp3) is 0.412. The lowest BCUT2D eigenvalue weighted by Gasteiger charge is -2.32. The Morgan fingerprint density at radius 2 is 1.96 bits per heavy atom. The number of amides is 1. The molecule has 1 aromatic heterocycles. The molecule has 2 heterocycles. The van der Waals surface area contributed by atoms with Gasteiger partial charge in [0.05, 0.1) is 0 Å². The van der Waals surface area contributed by atoms with Crippen molar-refractivity contribution >= 4 is 5.91 Å². The van der Waals surface area contributed by atoms with Crippen molar-refractivity contribution in [1.29, 1.82) is 0 Å². The molecule has 0 bridgehead atoms. The molecule has 1 aliphatic rings. The highest BCUT2D eigenvalue weighted by Crippen LogP contribution is 2.23. The number of rotatable bonds is 3. The average molecular weight is 335 g/mol. The lowest BCUT2D eigenvalue weighted by Crippen LogP contribution is -2.40. The first-order valence-corrected chi connectivity index (χ1v) is 7.93. The van der Waals surface area contributed by atoms with Crippen molar-refractivity contribution in [3.8, 4) is 0 Å². The van der Waals surface area contributed by atoms with Crippen LogP contribution in [-0.2, 0) is 13.5 Å². The largest absolute Gasteiger partial charge is 0.337 e. The third-order valence-corrected chi connectivity index (χ3v) is 4.63. The minimum Gasteiger partial charge on any atom is -0.337 e. The van der Waals surface area contributed by atoms with Gasteiger partial charge >= 0.3 is 5.69 Å². The number of likely N-dealkylation sites (tertiary alicyclic amines) is 1. The molecule has 0 saturated carbocycles. The monoisotopic (exact) mass is 335 g/mol. The van der Waals surface area contributed by atoms with Crippen molar-refractivity contribution in [3.05, 3.63) is 57.8 Å². The third-order valence-electron chi connectivity index (χ3n) is 4.63. The molecule has 5 nitrogen and oxygen atoms in total. The Hall–Kier alpha value is -2.44. The number of hydrogen-bond acceptors (Lipinski definition) is 2. The molecule has 7 heteroatoms. The smallest absolute Gasteiger partial charge is 0.325 e. The fourth-order valence-electron chi connectivity index (χ4n) is 3.14. The normalized spacial score (nSPS) is 15.7. The molecular formula is C17H19F2N3O2. The van der Waals surface area contributed by atoms with Crippen LogP contribution in [-0.4, -0.2) is 33.4 Å². The van der Waals surface area contributed by atoms with Gasteiger partial charge in [-0.3, -0.25) is 9.36 Å². The zero-order valence-electron chi connectivity index (χ0n) is 13.4. The van der Waals surface area contributed by atoms with E-state index in [4.69, 9.17) is 0 Å². The Balaban J connectivity index is 1.59. The number of aromatic nitrogens is 2. The standard InChI is InChI=1S/C17H19F2N3O2/c1-21-15(10-20-17(21)24)16(23)22-6-4-11(5-7-22)8-12-2-3-13(18)14(19)9-12/h2-3,9-11H,4-8H2,1H3,(H,20,24). The van der Waals surface area contributed by atoms with Gasteiger partial charge in [-0.05, 0) is 42.9 Å². The van der Waals surface area contributed by atoms with Crippen LogP contribution in [0.25, 0.3) is 0 Å². The van der Waals surface area contributed by atoms with Gasteiger partial charge in [-0.15, -0.1) is 0 Å². The summed E-state index contributed by atoms with van der Waals surface area (Å²) in [5.41, 5.74) is 0.803. The maximum atomic E-state index is 13.3. The maximum absolute atomic E-state index is 13.3. The summed E-state index contributed by atoms with van der Waals surface area (Å²) < 4.78 is 27.5. The SMILES string of the molecule is Cn1c(C(=O)N2CCC(Cc3ccc(F)c(F)c3)CC2)c[nH]c1=O. The lowest BCUT2D eigenvalue weighted by molar-refractivity contribution is 0.0680. The zero-order chi connectivity index (χ0) is 17.3. The predicted molar refractivity (Wildman–Crippen MR) is 84.7 cm³/mol. The Kier molecular flexibility index (Phi) is 4.51. The van der Waals surface area contributed by atoms with Crippen LogP contribution in [0.15, 0.2) is 29.2 Å². The number of carbonyl (C=O) groups excluding carboxylic acids is 1. The van der Waals surface area contributed by atoms with E-state index in [0.29, 0.717) is 31.1 Å². The molecule has 24 heavy (non-hydrogen) atoms. The predicted octanol–water partition coefficient (Wildman–Crippen LogP) is 2.09. The van der Waals surface area contributed by atoms with Crippen LogP contribution < -0.4 is 5.69 Å². The summed E-state index contributed by atoms with van der Waals surface area (Å²) in [5.74, 6) is -1.50. The van der Waals surface area contributed by atoms with E-state index in [1.54, 1.807) is 18.0 Å². The molecule has 1 aromatic carbocycles. The summed E-state index contributed by atoms with van der Waals surface area (Å²) in [6.07, 6.45) is 3.69. The number of imidazole rings is 1. The molecule has 0 atom stereocenters. The molecule has 0 spiro atoms. The van der Waals surface area contributed by atoms with E-state index in [2.05, 4.69) is 4.98 Å². The first kappa shape index (κ1) is 16.4. The Morgan fingerprint density at radius 1 is 1.25 bits per heavy atom. The molecule has 1 amide bonds. The van der Waals surface area contributed by atoms with E-state index in [9.17, 15) is 18.4 Å². The molecular weight excluding hydrogens is 316 g/mol. The zero-order valence-corrected chi connectivity index (χ0v) is 13.4. The number of nitrogens with one attached hydrogen (secondary N) is 1. The van der Waals surface area contributed by atoms with Crippen LogP contribution in [0.1, 0.15) is 28.9 Å². The van der Waals surface area contributed by atoms with E-state index >= 15 is 0 Å². The van der Waals surface area contributed by atoms with Gasteiger partial charge < -0.3 is 9.88 Å². The fourth-order valence-corrected chi connectivity index (χ4v) is 3.14. The van der Waals surface area contributed by atoms with Crippen LogP contribution in [0.2, 0.25) is 0 Å². The summed E-state index contributed by atoms with van der Waals surface area (Å²) in [7, 11) is 1.56. The molecule has 0 aliphatic carbocycles. The molecule has 3 rings (SSSR count). The minimum absolute atomic E-state index is 0.165. The second kappa shape index (κ2) is 6.59. The maximum Gasteiger partial charge on any atom is 0.325 e. The molecule has 1 aliphatic heterocycles. The van der Waals surface area contributed by atoms with Crippen LogP contribution in [0, 0.1) is 17.6 Å². The molecule has 0 unspecified atom stereocenters. The summed E-state index contributed by atoms with van der Waals surface area (Å²) >= 11 is 0. The van der Waals surface area contributed by atoms with Gasteiger partial charge in [0.1, 0.15) is 5.69 Å². The molecule has 1 fully saturated rings. The van der Waals surface area contributed by atoms with Crippen LogP contribution >= 0.6 is 0 Å². The Bertz CT molecular complexity index is 804. The van der Waals surface area contributed by atoms with Crippen molar-refractivity contribution in [3.63, 3.8) is 0 Å². The second-order valence-electron chi connectivity index (χ2n) is 6.23. The topological polar surface area (TPSA) is 58.1 Å². The van der Waals surface area contributed by atoms with E-state index in [1.807, 2.05) is 0 Å². The van der Waals surface area contributed by atoms with Crippen LogP contribution in [0.3, 0.4) is 0 Å². The minimum atomic E-state index is -0.837. The van der Waals surface area contributed by atoms with Crippen molar-refractivity contribution < 1.29 is 13.6 Å². The number of halogens is 2. The number of piperidine rings is 1. The van der Waals surface area contributed by atoms with Gasteiger partial charge in [0.25, 0.3) is 5.91 Å². The first-order valence-electron chi connectivity index (χ1n) is 7.93. The third kappa shape index (κ3) is 3.25. The van der Waals surface area contributed by atoms with Crippen molar-refractivity contribution in [2.45, 2.75) is 19.3 Å². The number of hydrogen-bond donors (Lipinski definition) is 1. The van der Waals surface area contributed by atoms with E-state index in [-0.39, 0.29) is 11.6 Å². The van der Waals surface area contributed by atoms with Gasteiger partial charge in [-0.25, -0.2) is 13.6 Å². The number of H-pyrrole nitrogens is 1. The van der Waals surface area contributed by atoms with Crippen LogP contribution in [0.5, 0.6) is 0 Å². The van der Waals surface area contributed by atoms with E-state index < -0.39 is 11.6 Å². The number of carbonyl (C=O) groups is 1. The summed E-state index contributed by atoms with van der Waals surface area (Å²) in [5, 5.41) is 0. The Morgan fingerprint density at radius 3 is 2.54 bits per heavy atom. The number of aromatic amines is 1.